The highest BCUT2D eigenvalue weighted by atomic mass is 35.5. The molecule has 0 saturated heterocycles. The van der Waals surface area contributed by atoms with Crippen LogP contribution in [0.3, 0.4) is 0 Å². The summed E-state index contributed by atoms with van der Waals surface area (Å²) in [5.41, 5.74) is 9.48. The molecule has 0 aliphatic heterocycles. The van der Waals surface area contributed by atoms with E-state index in [4.69, 9.17) is 29.6 Å². The lowest BCUT2D eigenvalue weighted by atomic mass is 10.1. The van der Waals surface area contributed by atoms with Gasteiger partial charge in [-0.1, -0.05) is 43.7 Å². The van der Waals surface area contributed by atoms with Crippen LogP contribution in [0, 0.1) is 0 Å². The minimum absolute atomic E-state index is 0.288. The number of thiocarbonyl (C=S) groups is 1. The van der Waals surface area contributed by atoms with Gasteiger partial charge < -0.3 is 5.73 Å². The van der Waals surface area contributed by atoms with Crippen molar-refractivity contribution in [1.82, 2.24) is 9.78 Å². The van der Waals surface area contributed by atoms with Crippen molar-refractivity contribution >= 4 is 28.8 Å². The molecule has 2 aromatic rings. The summed E-state index contributed by atoms with van der Waals surface area (Å²) in [6, 6.07) is 7.71. The highest BCUT2D eigenvalue weighted by Crippen LogP contribution is 2.24. The van der Waals surface area contributed by atoms with Crippen LogP contribution in [-0.4, -0.2) is 14.8 Å². The zero-order valence-electron chi connectivity index (χ0n) is 11.0. The average molecular weight is 294 g/mol. The molecule has 2 rings (SSSR count). The largest absolute Gasteiger partial charge is 0.389 e. The summed E-state index contributed by atoms with van der Waals surface area (Å²) in [5, 5.41) is 5.15. The molecule has 3 nitrogen and oxygen atoms in total. The van der Waals surface area contributed by atoms with Gasteiger partial charge in [0.2, 0.25) is 0 Å². The van der Waals surface area contributed by atoms with Crippen molar-refractivity contribution in [2.24, 2.45) is 5.73 Å². The van der Waals surface area contributed by atoms with Crippen LogP contribution in [0.2, 0.25) is 5.02 Å². The minimum Gasteiger partial charge on any atom is -0.389 e. The Bertz CT molecular complexity index is 619. The standard InChI is InChI=1S/C14H16ClN3S/c1-3-9-8-10(4-2)18(17-9)12-7-5-6-11(15)13(12)14(16)19/h5-8H,3-4H2,1-2H3,(H2,16,19). The predicted molar refractivity (Wildman–Crippen MR) is 83.2 cm³/mol. The van der Waals surface area contributed by atoms with E-state index in [1.54, 1.807) is 6.07 Å². The second-order valence-corrected chi connectivity index (χ2v) is 5.09. The molecular formula is C14H16ClN3S. The molecular weight excluding hydrogens is 278 g/mol. The fraction of sp³-hybridized carbons (Fsp3) is 0.286. The zero-order chi connectivity index (χ0) is 14.0. The molecule has 0 amide bonds. The lowest BCUT2D eigenvalue weighted by Gasteiger charge is -2.12. The number of nitrogens with two attached hydrogens (primary N) is 1. The van der Waals surface area contributed by atoms with Crippen molar-refractivity contribution in [1.29, 1.82) is 0 Å². The van der Waals surface area contributed by atoms with Crippen LogP contribution in [0.4, 0.5) is 0 Å². The number of hydrogen-bond donors (Lipinski definition) is 1. The number of hydrogen-bond acceptors (Lipinski definition) is 2. The van der Waals surface area contributed by atoms with Crippen molar-refractivity contribution in [3.05, 3.63) is 46.2 Å². The second kappa shape index (κ2) is 5.72. The van der Waals surface area contributed by atoms with E-state index in [1.807, 2.05) is 16.8 Å². The number of halogens is 1. The Kier molecular flexibility index (Phi) is 4.22. The fourth-order valence-electron chi connectivity index (χ4n) is 2.04. The maximum Gasteiger partial charge on any atom is 0.107 e. The van der Waals surface area contributed by atoms with Crippen LogP contribution in [0.15, 0.2) is 24.3 Å². The number of rotatable bonds is 4. The van der Waals surface area contributed by atoms with Gasteiger partial charge >= 0.3 is 0 Å². The van der Waals surface area contributed by atoms with Gasteiger partial charge in [-0.05, 0) is 31.0 Å². The molecule has 5 heteroatoms. The molecule has 1 aromatic heterocycles. The van der Waals surface area contributed by atoms with Gasteiger partial charge in [0.25, 0.3) is 0 Å². The number of benzene rings is 1. The van der Waals surface area contributed by atoms with Crippen molar-refractivity contribution in [3.63, 3.8) is 0 Å². The molecule has 0 fully saturated rings. The van der Waals surface area contributed by atoms with Gasteiger partial charge in [0.05, 0.1) is 22.0 Å². The summed E-state index contributed by atoms with van der Waals surface area (Å²) in [7, 11) is 0. The predicted octanol–water partition coefficient (Wildman–Crippen LogP) is 3.28. The molecule has 19 heavy (non-hydrogen) atoms. The first kappa shape index (κ1) is 14.0. The van der Waals surface area contributed by atoms with E-state index < -0.39 is 0 Å². The summed E-state index contributed by atoms with van der Waals surface area (Å²) in [5.74, 6) is 0. The number of aromatic nitrogens is 2. The van der Waals surface area contributed by atoms with E-state index in [9.17, 15) is 0 Å². The van der Waals surface area contributed by atoms with E-state index in [-0.39, 0.29) is 4.99 Å². The average Bonchev–Trinajstić information content (AvgIpc) is 2.81. The molecule has 1 aromatic carbocycles. The van der Waals surface area contributed by atoms with E-state index in [1.165, 1.54) is 0 Å². The Labute approximate surface area is 123 Å². The smallest absolute Gasteiger partial charge is 0.107 e. The molecule has 0 spiro atoms. The van der Waals surface area contributed by atoms with Crippen molar-refractivity contribution < 1.29 is 0 Å². The third-order valence-corrected chi connectivity index (χ3v) is 3.54. The van der Waals surface area contributed by atoms with Crippen molar-refractivity contribution in [2.75, 3.05) is 0 Å². The summed E-state index contributed by atoms with van der Waals surface area (Å²) in [4.78, 5) is 0.288. The summed E-state index contributed by atoms with van der Waals surface area (Å²) in [6.07, 6.45) is 1.78. The Hall–Kier alpha value is -1.39. The topological polar surface area (TPSA) is 43.8 Å². The summed E-state index contributed by atoms with van der Waals surface area (Å²) < 4.78 is 1.89. The molecule has 0 bridgehead atoms. The molecule has 0 aliphatic rings. The second-order valence-electron chi connectivity index (χ2n) is 4.24. The van der Waals surface area contributed by atoms with Crippen LogP contribution >= 0.6 is 23.8 Å². The van der Waals surface area contributed by atoms with Gasteiger partial charge in [0.1, 0.15) is 4.99 Å². The monoisotopic (exact) mass is 293 g/mol. The number of nitrogens with zero attached hydrogens (tertiary/aromatic N) is 2. The van der Waals surface area contributed by atoms with Gasteiger partial charge in [-0.25, -0.2) is 4.68 Å². The molecule has 2 N–H and O–H groups in total. The van der Waals surface area contributed by atoms with E-state index in [2.05, 4.69) is 25.0 Å². The first-order valence-corrected chi connectivity index (χ1v) is 7.03. The van der Waals surface area contributed by atoms with Crippen LogP contribution < -0.4 is 5.73 Å². The summed E-state index contributed by atoms with van der Waals surface area (Å²) >= 11 is 11.3. The fourth-order valence-corrected chi connectivity index (χ4v) is 2.58. The molecule has 0 aliphatic carbocycles. The van der Waals surface area contributed by atoms with E-state index in [0.717, 1.165) is 29.9 Å². The zero-order valence-corrected chi connectivity index (χ0v) is 12.6. The van der Waals surface area contributed by atoms with Crippen molar-refractivity contribution in [2.45, 2.75) is 26.7 Å². The molecule has 0 saturated carbocycles. The lowest BCUT2D eigenvalue weighted by Crippen LogP contribution is -2.15. The normalized spacial score (nSPS) is 10.7. The van der Waals surface area contributed by atoms with Crippen molar-refractivity contribution in [3.8, 4) is 5.69 Å². The van der Waals surface area contributed by atoms with Crippen LogP contribution in [0.25, 0.3) is 5.69 Å². The molecule has 0 radical (unpaired) electrons. The molecule has 0 unspecified atom stereocenters. The first-order chi connectivity index (χ1) is 9.08. The number of aryl methyl sites for hydroxylation is 2. The highest BCUT2D eigenvalue weighted by Gasteiger charge is 2.15. The first-order valence-electron chi connectivity index (χ1n) is 6.25. The lowest BCUT2D eigenvalue weighted by molar-refractivity contribution is 0.793. The highest BCUT2D eigenvalue weighted by molar-refractivity contribution is 7.80. The van der Waals surface area contributed by atoms with Gasteiger partial charge in [-0.2, -0.15) is 5.10 Å². The summed E-state index contributed by atoms with van der Waals surface area (Å²) in [6.45, 7) is 4.18. The Morgan fingerprint density at radius 2 is 2.11 bits per heavy atom. The van der Waals surface area contributed by atoms with Gasteiger partial charge in [0, 0.05) is 5.69 Å². The maximum atomic E-state index is 6.20. The Morgan fingerprint density at radius 1 is 1.37 bits per heavy atom. The van der Waals surface area contributed by atoms with Gasteiger partial charge in [-0.15, -0.1) is 0 Å². The quantitative estimate of drug-likeness (QED) is 0.880. The maximum absolute atomic E-state index is 6.20. The van der Waals surface area contributed by atoms with E-state index in [0.29, 0.717) is 10.6 Å². The van der Waals surface area contributed by atoms with Crippen LogP contribution in [0.1, 0.15) is 30.8 Å². The van der Waals surface area contributed by atoms with Crippen LogP contribution in [-0.2, 0) is 12.8 Å². The van der Waals surface area contributed by atoms with Crippen LogP contribution in [0.5, 0.6) is 0 Å². The Balaban J connectivity index is 2.68. The molecule has 100 valence electrons. The Morgan fingerprint density at radius 3 is 2.68 bits per heavy atom. The third-order valence-electron chi connectivity index (χ3n) is 3.02. The molecule has 0 atom stereocenters. The molecule has 1 heterocycles. The van der Waals surface area contributed by atoms with E-state index >= 15 is 0 Å². The third kappa shape index (κ3) is 2.65. The van der Waals surface area contributed by atoms with Gasteiger partial charge in [0.15, 0.2) is 0 Å². The van der Waals surface area contributed by atoms with Gasteiger partial charge in [-0.3, -0.25) is 0 Å². The minimum atomic E-state index is 0.288. The SMILES string of the molecule is CCc1cc(CC)n(-c2cccc(Cl)c2C(N)=S)n1.